The second-order valence-corrected chi connectivity index (χ2v) is 4.56. The third kappa shape index (κ3) is 3.44. The SMILES string of the molecule is Cc1noc(-c2ccccc2C(=O)N(C)CCC(=O)O)n1. The van der Waals surface area contributed by atoms with E-state index in [0.717, 1.165) is 0 Å². The van der Waals surface area contributed by atoms with Crippen molar-refractivity contribution in [2.45, 2.75) is 13.3 Å². The Morgan fingerprint density at radius 3 is 2.67 bits per heavy atom. The number of carboxylic acids is 1. The monoisotopic (exact) mass is 289 g/mol. The van der Waals surface area contributed by atoms with Gasteiger partial charge in [-0.3, -0.25) is 9.59 Å². The molecule has 2 rings (SSSR count). The molecule has 1 amide bonds. The maximum atomic E-state index is 12.4. The summed E-state index contributed by atoms with van der Waals surface area (Å²) in [6.07, 6.45) is -0.107. The number of hydrogen-bond acceptors (Lipinski definition) is 5. The minimum atomic E-state index is -0.949. The molecule has 0 unspecified atom stereocenters. The number of amides is 1. The van der Waals surface area contributed by atoms with E-state index in [1.165, 1.54) is 4.90 Å². The van der Waals surface area contributed by atoms with Crippen molar-refractivity contribution < 1.29 is 19.2 Å². The van der Waals surface area contributed by atoms with Crippen LogP contribution in [0, 0.1) is 6.92 Å². The van der Waals surface area contributed by atoms with Crippen LogP contribution in [0.2, 0.25) is 0 Å². The molecule has 0 spiro atoms. The van der Waals surface area contributed by atoms with Crippen LogP contribution in [0.1, 0.15) is 22.6 Å². The lowest BCUT2D eigenvalue weighted by molar-refractivity contribution is -0.137. The molecule has 1 heterocycles. The van der Waals surface area contributed by atoms with Crippen LogP contribution in [0.25, 0.3) is 11.5 Å². The van der Waals surface area contributed by atoms with E-state index in [1.54, 1.807) is 38.2 Å². The van der Waals surface area contributed by atoms with Crippen LogP contribution in [-0.2, 0) is 4.79 Å². The lowest BCUT2D eigenvalue weighted by Gasteiger charge is -2.17. The van der Waals surface area contributed by atoms with Crippen molar-refractivity contribution in [1.29, 1.82) is 0 Å². The molecule has 110 valence electrons. The molecule has 0 radical (unpaired) electrons. The Morgan fingerprint density at radius 2 is 2.05 bits per heavy atom. The molecule has 2 aromatic rings. The standard InChI is InChI=1S/C14H15N3O4/c1-9-15-13(21-16-9)10-5-3-4-6-11(10)14(20)17(2)8-7-12(18)19/h3-6H,7-8H2,1-2H3,(H,18,19). The highest BCUT2D eigenvalue weighted by atomic mass is 16.5. The first kappa shape index (κ1) is 14.7. The van der Waals surface area contributed by atoms with Crippen LogP contribution in [0.15, 0.2) is 28.8 Å². The first-order valence-corrected chi connectivity index (χ1v) is 6.36. The highest BCUT2D eigenvalue weighted by Gasteiger charge is 2.19. The molecule has 0 aliphatic heterocycles. The first-order chi connectivity index (χ1) is 9.99. The smallest absolute Gasteiger partial charge is 0.305 e. The molecule has 1 aromatic heterocycles. The van der Waals surface area contributed by atoms with Gasteiger partial charge in [0.15, 0.2) is 5.82 Å². The Kier molecular flexibility index (Phi) is 4.32. The van der Waals surface area contributed by atoms with E-state index in [4.69, 9.17) is 9.63 Å². The molecule has 0 aliphatic rings. The second kappa shape index (κ2) is 6.17. The Morgan fingerprint density at radius 1 is 1.33 bits per heavy atom. The topological polar surface area (TPSA) is 96.5 Å². The van der Waals surface area contributed by atoms with E-state index in [0.29, 0.717) is 17.0 Å². The number of aryl methyl sites for hydroxylation is 1. The maximum absolute atomic E-state index is 12.4. The Balaban J connectivity index is 2.27. The number of carbonyl (C=O) groups excluding carboxylic acids is 1. The van der Waals surface area contributed by atoms with Gasteiger partial charge in [-0.25, -0.2) is 0 Å². The van der Waals surface area contributed by atoms with Crippen LogP contribution < -0.4 is 0 Å². The fraction of sp³-hybridized carbons (Fsp3) is 0.286. The van der Waals surface area contributed by atoms with Crippen LogP contribution in [0.4, 0.5) is 0 Å². The molecular weight excluding hydrogens is 274 g/mol. The number of carbonyl (C=O) groups is 2. The molecule has 7 heteroatoms. The largest absolute Gasteiger partial charge is 0.481 e. The average molecular weight is 289 g/mol. The zero-order valence-corrected chi connectivity index (χ0v) is 11.7. The number of aliphatic carboxylic acids is 1. The van der Waals surface area contributed by atoms with Crippen LogP contribution >= 0.6 is 0 Å². The van der Waals surface area contributed by atoms with Crippen LogP contribution in [0.3, 0.4) is 0 Å². The van der Waals surface area contributed by atoms with Crippen molar-refractivity contribution in [3.05, 3.63) is 35.7 Å². The lowest BCUT2D eigenvalue weighted by Crippen LogP contribution is -2.29. The highest BCUT2D eigenvalue weighted by molar-refractivity contribution is 5.99. The summed E-state index contributed by atoms with van der Waals surface area (Å²) < 4.78 is 5.09. The van der Waals surface area contributed by atoms with Gasteiger partial charge in [-0.2, -0.15) is 4.98 Å². The molecule has 0 atom stereocenters. The van der Waals surface area contributed by atoms with Gasteiger partial charge in [-0.1, -0.05) is 17.3 Å². The summed E-state index contributed by atoms with van der Waals surface area (Å²) in [4.78, 5) is 28.5. The predicted molar refractivity (Wildman–Crippen MR) is 73.7 cm³/mol. The van der Waals surface area contributed by atoms with E-state index < -0.39 is 5.97 Å². The summed E-state index contributed by atoms with van der Waals surface area (Å²) >= 11 is 0. The number of hydrogen-bond donors (Lipinski definition) is 1. The van der Waals surface area contributed by atoms with E-state index in [-0.39, 0.29) is 24.8 Å². The summed E-state index contributed by atoms with van der Waals surface area (Å²) in [6, 6.07) is 6.85. The van der Waals surface area contributed by atoms with Crippen LogP contribution in [-0.4, -0.2) is 45.6 Å². The number of carboxylic acid groups (broad SMARTS) is 1. The van der Waals surface area contributed by atoms with Gasteiger partial charge in [0, 0.05) is 13.6 Å². The second-order valence-electron chi connectivity index (χ2n) is 4.56. The molecule has 0 saturated heterocycles. The summed E-state index contributed by atoms with van der Waals surface area (Å²) in [7, 11) is 1.56. The van der Waals surface area contributed by atoms with Gasteiger partial charge in [0.25, 0.3) is 11.8 Å². The third-order valence-corrected chi connectivity index (χ3v) is 2.92. The van der Waals surface area contributed by atoms with Gasteiger partial charge >= 0.3 is 5.97 Å². The van der Waals surface area contributed by atoms with Crippen molar-refractivity contribution >= 4 is 11.9 Å². The Labute approximate surface area is 121 Å². The van der Waals surface area contributed by atoms with Gasteiger partial charge in [-0.15, -0.1) is 0 Å². The van der Waals surface area contributed by atoms with Gasteiger partial charge in [-0.05, 0) is 19.1 Å². The highest BCUT2D eigenvalue weighted by Crippen LogP contribution is 2.23. The van der Waals surface area contributed by atoms with Crippen molar-refractivity contribution in [3.63, 3.8) is 0 Å². The molecule has 0 bridgehead atoms. The molecule has 21 heavy (non-hydrogen) atoms. The molecule has 0 fully saturated rings. The summed E-state index contributed by atoms with van der Waals surface area (Å²) in [5, 5.41) is 12.4. The molecule has 0 saturated carbocycles. The van der Waals surface area contributed by atoms with Crippen molar-refractivity contribution in [2.75, 3.05) is 13.6 Å². The van der Waals surface area contributed by atoms with E-state index in [1.807, 2.05) is 0 Å². The maximum Gasteiger partial charge on any atom is 0.305 e. The molecule has 0 aliphatic carbocycles. The van der Waals surface area contributed by atoms with Crippen molar-refractivity contribution in [3.8, 4) is 11.5 Å². The summed E-state index contributed by atoms with van der Waals surface area (Å²) in [5.74, 6) is -0.493. The van der Waals surface area contributed by atoms with E-state index in [2.05, 4.69) is 10.1 Å². The van der Waals surface area contributed by atoms with Crippen molar-refractivity contribution in [1.82, 2.24) is 15.0 Å². The lowest BCUT2D eigenvalue weighted by atomic mass is 10.1. The van der Waals surface area contributed by atoms with E-state index >= 15 is 0 Å². The van der Waals surface area contributed by atoms with Gasteiger partial charge in [0.1, 0.15) is 0 Å². The van der Waals surface area contributed by atoms with E-state index in [9.17, 15) is 9.59 Å². The number of nitrogens with zero attached hydrogens (tertiary/aromatic N) is 3. The average Bonchev–Trinajstić information content (AvgIpc) is 2.90. The van der Waals surface area contributed by atoms with Gasteiger partial charge in [0.2, 0.25) is 0 Å². The first-order valence-electron chi connectivity index (χ1n) is 6.36. The Bertz CT molecular complexity index is 666. The molecule has 7 nitrogen and oxygen atoms in total. The Hall–Kier alpha value is -2.70. The fourth-order valence-corrected chi connectivity index (χ4v) is 1.83. The fourth-order valence-electron chi connectivity index (χ4n) is 1.83. The molecular formula is C14H15N3O4. The van der Waals surface area contributed by atoms with Gasteiger partial charge < -0.3 is 14.5 Å². The third-order valence-electron chi connectivity index (χ3n) is 2.92. The quantitative estimate of drug-likeness (QED) is 0.897. The summed E-state index contributed by atoms with van der Waals surface area (Å²) in [6.45, 7) is 1.82. The zero-order chi connectivity index (χ0) is 15.4. The zero-order valence-electron chi connectivity index (χ0n) is 11.7. The van der Waals surface area contributed by atoms with Crippen LogP contribution in [0.5, 0.6) is 0 Å². The molecule has 1 aromatic carbocycles. The number of rotatable bonds is 5. The van der Waals surface area contributed by atoms with Crippen molar-refractivity contribution in [2.24, 2.45) is 0 Å². The predicted octanol–water partition coefficient (Wildman–Crippen LogP) is 1.59. The summed E-state index contributed by atoms with van der Waals surface area (Å²) in [5.41, 5.74) is 0.930. The number of benzene rings is 1. The minimum absolute atomic E-state index is 0.107. The number of aromatic nitrogens is 2. The van der Waals surface area contributed by atoms with Gasteiger partial charge in [0.05, 0.1) is 17.5 Å². The normalized spacial score (nSPS) is 10.4. The minimum Gasteiger partial charge on any atom is -0.481 e. The molecule has 1 N–H and O–H groups in total.